The summed E-state index contributed by atoms with van der Waals surface area (Å²) in [5, 5.41) is 0. The predicted molar refractivity (Wildman–Crippen MR) is 85.7 cm³/mol. The molecule has 1 atom stereocenters. The zero-order valence-electron chi connectivity index (χ0n) is 13.0. The van der Waals surface area contributed by atoms with Crippen LogP contribution >= 0.6 is 11.5 Å². The van der Waals surface area contributed by atoms with Gasteiger partial charge < -0.3 is 0 Å². The predicted octanol–water partition coefficient (Wildman–Crippen LogP) is 3.86. The molecule has 1 aromatic heterocycles. The Bertz CT molecular complexity index is 489. The first-order chi connectivity index (χ1) is 9.53. The SMILES string of the molecule is CCCCCCC(C)(CCCCC)n1sc(=O)[nH]c1=O. The molecule has 1 heterocycles. The van der Waals surface area contributed by atoms with Crippen molar-refractivity contribution in [2.24, 2.45) is 0 Å². The van der Waals surface area contributed by atoms with Crippen LogP contribution in [0.25, 0.3) is 0 Å². The van der Waals surface area contributed by atoms with Gasteiger partial charge in [0.25, 0.3) is 0 Å². The number of H-pyrrole nitrogens is 1. The van der Waals surface area contributed by atoms with Gasteiger partial charge >= 0.3 is 10.6 Å². The molecule has 1 aromatic rings. The topological polar surface area (TPSA) is 54.9 Å². The Morgan fingerprint density at radius 2 is 1.55 bits per heavy atom. The lowest BCUT2D eigenvalue weighted by molar-refractivity contribution is 0.263. The van der Waals surface area contributed by atoms with Gasteiger partial charge in [0.05, 0.1) is 5.54 Å². The number of nitrogens with zero attached hydrogens (tertiary/aromatic N) is 1. The molecule has 0 amide bonds. The maximum absolute atomic E-state index is 11.9. The van der Waals surface area contributed by atoms with Gasteiger partial charge in [-0.25, -0.2) is 8.75 Å². The molecule has 0 radical (unpaired) electrons. The smallest absolute Gasteiger partial charge is 0.263 e. The Morgan fingerprint density at radius 1 is 1.00 bits per heavy atom. The van der Waals surface area contributed by atoms with E-state index in [1.807, 2.05) is 0 Å². The third-order valence-corrected chi connectivity index (χ3v) is 5.00. The standard InChI is InChI=1S/C15H28N2O2S/c1-4-6-8-10-12-15(3,11-9-7-5-2)17-13(18)16-14(19)20-17/h4-12H2,1-3H3,(H,16,18,19). The highest BCUT2D eigenvalue weighted by molar-refractivity contribution is 7.03. The summed E-state index contributed by atoms with van der Waals surface area (Å²) >= 11 is 1.04. The van der Waals surface area contributed by atoms with Crippen LogP contribution in [-0.2, 0) is 5.54 Å². The van der Waals surface area contributed by atoms with Crippen LogP contribution < -0.4 is 10.6 Å². The molecule has 1 rings (SSSR count). The molecule has 0 fully saturated rings. The number of unbranched alkanes of at least 4 members (excludes halogenated alkanes) is 5. The Morgan fingerprint density at radius 3 is 2.05 bits per heavy atom. The van der Waals surface area contributed by atoms with E-state index in [9.17, 15) is 9.59 Å². The number of aromatic nitrogens is 2. The second-order valence-corrected chi connectivity index (χ2v) is 6.79. The van der Waals surface area contributed by atoms with E-state index in [0.717, 1.165) is 37.2 Å². The van der Waals surface area contributed by atoms with Crippen molar-refractivity contribution in [2.75, 3.05) is 0 Å². The summed E-state index contributed by atoms with van der Waals surface area (Å²) in [5.74, 6) is 0. The molecule has 0 saturated heterocycles. The Hall–Kier alpha value is -0.840. The van der Waals surface area contributed by atoms with E-state index in [1.165, 1.54) is 32.1 Å². The van der Waals surface area contributed by atoms with Crippen molar-refractivity contribution in [3.8, 4) is 0 Å². The Kier molecular flexibility index (Phi) is 7.27. The van der Waals surface area contributed by atoms with Crippen LogP contribution in [0.1, 0.15) is 78.6 Å². The molecular formula is C15H28N2O2S. The van der Waals surface area contributed by atoms with E-state index >= 15 is 0 Å². The van der Waals surface area contributed by atoms with E-state index in [1.54, 1.807) is 3.96 Å². The molecule has 0 aliphatic heterocycles. The van der Waals surface area contributed by atoms with Gasteiger partial charge in [0.1, 0.15) is 0 Å². The van der Waals surface area contributed by atoms with Crippen LogP contribution in [0.15, 0.2) is 9.59 Å². The Labute approximate surface area is 125 Å². The Balaban J connectivity index is 2.80. The minimum Gasteiger partial charge on any atom is -0.263 e. The average molecular weight is 300 g/mol. The van der Waals surface area contributed by atoms with Crippen LogP contribution in [0.2, 0.25) is 0 Å². The lowest BCUT2D eigenvalue weighted by atomic mass is 9.89. The fourth-order valence-corrected chi connectivity index (χ4v) is 3.49. The van der Waals surface area contributed by atoms with E-state index in [4.69, 9.17) is 0 Å². The third-order valence-electron chi connectivity index (χ3n) is 3.95. The summed E-state index contributed by atoms with van der Waals surface area (Å²) in [5.41, 5.74) is -0.446. The first-order valence-corrected chi connectivity index (χ1v) is 8.64. The second kappa shape index (κ2) is 8.45. The number of nitrogens with one attached hydrogen (secondary N) is 1. The minimum absolute atomic E-state index is 0.205. The van der Waals surface area contributed by atoms with Crippen molar-refractivity contribution in [1.29, 1.82) is 0 Å². The van der Waals surface area contributed by atoms with Crippen LogP contribution in [-0.4, -0.2) is 8.94 Å². The molecule has 5 heteroatoms. The normalized spacial score (nSPS) is 14.3. The summed E-state index contributed by atoms with van der Waals surface area (Å²) in [6, 6.07) is 0. The van der Waals surface area contributed by atoms with E-state index in [2.05, 4.69) is 25.8 Å². The summed E-state index contributed by atoms with van der Waals surface area (Å²) in [6.45, 7) is 6.50. The number of hydrogen-bond acceptors (Lipinski definition) is 3. The quantitative estimate of drug-likeness (QED) is 0.667. The lowest BCUT2D eigenvalue weighted by Crippen LogP contribution is -2.36. The highest BCUT2D eigenvalue weighted by atomic mass is 32.1. The molecule has 0 aromatic carbocycles. The summed E-state index contributed by atoms with van der Waals surface area (Å²) in [6.07, 6.45) is 10.2. The molecule has 0 aliphatic carbocycles. The minimum atomic E-state index is -0.245. The molecule has 20 heavy (non-hydrogen) atoms. The number of rotatable bonds is 10. The summed E-state index contributed by atoms with van der Waals surface area (Å²) in [4.78, 5) is 25.5. The first-order valence-electron chi connectivity index (χ1n) is 7.86. The number of hydrogen-bond donors (Lipinski definition) is 1. The van der Waals surface area contributed by atoms with Gasteiger partial charge in [0.15, 0.2) is 0 Å². The molecule has 4 nitrogen and oxygen atoms in total. The van der Waals surface area contributed by atoms with Gasteiger partial charge in [0.2, 0.25) is 0 Å². The fourth-order valence-electron chi connectivity index (χ4n) is 2.66. The van der Waals surface area contributed by atoms with E-state index < -0.39 is 0 Å². The molecule has 116 valence electrons. The maximum atomic E-state index is 11.9. The average Bonchev–Trinajstić information content (AvgIpc) is 2.75. The zero-order chi connectivity index (χ0) is 15.0. The van der Waals surface area contributed by atoms with Crippen LogP contribution in [0.4, 0.5) is 0 Å². The molecule has 0 saturated carbocycles. The molecular weight excluding hydrogens is 272 g/mol. The molecule has 0 aliphatic rings. The third kappa shape index (κ3) is 4.93. The zero-order valence-corrected chi connectivity index (χ0v) is 13.9. The van der Waals surface area contributed by atoms with Crippen molar-refractivity contribution in [2.45, 2.75) is 84.1 Å². The van der Waals surface area contributed by atoms with Crippen LogP contribution in [0.5, 0.6) is 0 Å². The van der Waals surface area contributed by atoms with Gasteiger partial charge in [-0.1, -0.05) is 58.8 Å². The van der Waals surface area contributed by atoms with Crippen molar-refractivity contribution < 1.29 is 0 Å². The van der Waals surface area contributed by atoms with Crippen molar-refractivity contribution in [3.63, 3.8) is 0 Å². The molecule has 1 N–H and O–H groups in total. The van der Waals surface area contributed by atoms with Gasteiger partial charge in [-0.05, 0) is 19.8 Å². The monoisotopic (exact) mass is 300 g/mol. The molecule has 0 bridgehead atoms. The second-order valence-electron chi connectivity index (χ2n) is 5.87. The molecule has 0 spiro atoms. The van der Waals surface area contributed by atoms with E-state index in [-0.39, 0.29) is 16.1 Å². The largest absolute Gasteiger partial charge is 0.339 e. The van der Waals surface area contributed by atoms with Gasteiger partial charge in [-0.3, -0.25) is 9.78 Å². The van der Waals surface area contributed by atoms with Crippen molar-refractivity contribution in [3.05, 3.63) is 20.2 Å². The molecule has 1 unspecified atom stereocenters. The first kappa shape index (κ1) is 17.2. The van der Waals surface area contributed by atoms with Crippen LogP contribution in [0.3, 0.4) is 0 Å². The summed E-state index contributed by atoms with van der Waals surface area (Å²) < 4.78 is 1.68. The maximum Gasteiger partial charge on any atom is 0.339 e. The highest BCUT2D eigenvalue weighted by Gasteiger charge is 2.28. The van der Waals surface area contributed by atoms with Crippen molar-refractivity contribution in [1.82, 2.24) is 8.94 Å². The lowest BCUT2D eigenvalue weighted by Gasteiger charge is -2.29. The summed E-state index contributed by atoms with van der Waals surface area (Å²) in [7, 11) is 0. The van der Waals surface area contributed by atoms with Gasteiger partial charge in [-0.15, -0.1) is 0 Å². The van der Waals surface area contributed by atoms with Crippen molar-refractivity contribution >= 4 is 11.5 Å². The van der Waals surface area contributed by atoms with Gasteiger partial charge in [-0.2, -0.15) is 0 Å². The van der Waals surface area contributed by atoms with Gasteiger partial charge in [0, 0.05) is 11.5 Å². The van der Waals surface area contributed by atoms with E-state index in [0.29, 0.717) is 0 Å². The fraction of sp³-hybridized carbons (Fsp3) is 0.867. The highest BCUT2D eigenvalue weighted by Crippen LogP contribution is 2.29. The van der Waals surface area contributed by atoms with Crippen LogP contribution in [0, 0.1) is 0 Å². The number of aromatic amines is 1.